The van der Waals surface area contributed by atoms with Gasteiger partial charge in [0.25, 0.3) is 5.95 Å². The van der Waals surface area contributed by atoms with Crippen LogP contribution in [0.4, 0.5) is 11.8 Å². The molecule has 0 radical (unpaired) electrons. The zero-order valence-electron chi connectivity index (χ0n) is 16.7. The van der Waals surface area contributed by atoms with E-state index < -0.39 is 0 Å². The first-order chi connectivity index (χ1) is 13.0. The van der Waals surface area contributed by atoms with Gasteiger partial charge in [0.05, 0.1) is 34.5 Å². The molecular formula is C18H27ClN4O5. The summed E-state index contributed by atoms with van der Waals surface area (Å²) in [6.07, 6.45) is 2.19. The van der Waals surface area contributed by atoms with E-state index in [0.29, 0.717) is 48.6 Å². The number of hydrogen-bond acceptors (Lipinski definition) is 9. The first kappa shape index (κ1) is 23.5. The first-order valence-electron chi connectivity index (χ1n) is 8.29. The van der Waals surface area contributed by atoms with Crippen molar-refractivity contribution in [2.24, 2.45) is 0 Å². The van der Waals surface area contributed by atoms with Crippen molar-refractivity contribution in [3.63, 3.8) is 0 Å². The smallest absolute Gasteiger partial charge is 0.251 e. The van der Waals surface area contributed by atoms with Crippen LogP contribution in [0.2, 0.25) is 0 Å². The van der Waals surface area contributed by atoms with Crippen molar-refractivity contribution in [2.75, 3.05) is 59.5 Å². The molecule has 0 saturated heterocycles. The van der Waals surface area contributed by atoms with Crippen LogP contribution in [0.3, 0.4) is 0 Å². The number of methoxy groups -OCH3 is 4. The van der Waals surface area contributed by atoms with Gasteiger partial charge in [-0.05, 0) is 17.7 Å². The molecule has 0 atom stereocenters. The van der Waals surface area contributed by atoms with E-state index in [1.165, 1.54) is 5.06 Å². The summed E-state index contributed by atoms with van der Waals surface area (Å²) >= 11 is 0. The van der Waals surface area contributed by atoms with Gasteiger partial charge in [-0.15, -0.1) is 12.4 Å². The van der Waals surface area contributed by atoms with E-state index in [4.69, 9.17) is 29.5 Å². The lowest BCUT2D eigenvalue weighted by Crippen LogP contribution is -2.23. The van der Waals surface area contributed by atoms with Gasteiger partial charge < -0.3 is 24.7 Å². The Morgan fingerprint density at radius 1 is 1.00 bits per heavy atom. The third kappa shape index (κ3) is 5.75. The van der Waals surface area contributed by atoms with Crippen LogP contribution in [-0.4, -0.2) is 58.7 Å². The highest BCUT2D eigenvalue weighted by Gasteiger charge is 2.15. The molecule has 0 aliphatic carbocycles. The third-order valence-corrected chi connectivity index (χ3v) is 3.86. The first-order valence-corrected chi connectivity index (χ1v) is 8.29. The molecule has 156 valence electrons. The summed E-state index contributed by atoms with van der Waals surface area (Å²) in [5.74, 6) is 2.44. The van der Waals surface area contributed by atoms with E-state index in [1.807, 2.05) is 12.1 Å². The summed E-state index contributed by atoms with van der Waals surface area (Å²) in [4.78, 5) is 14.1. The Labute approximate surface area is 171 Å². The van der Waals surface area contributed by atoms with Crippen LogP contribution in [0.1, 0.15) is 11.1 Å². The normalized spacial score (nSPS) is 10.2. The van der Waals surface area contributed by atoms with E-state index in [2.05, 4.69) is 9.97 Å². The molecule has 2 N–H and O–H groups in total. The minimum absolute atomic E-state index is 0. The number of aromatic nitrogens is 2. The highest BCUT2D eigenvalue weighted by Crippen LogP contribution is 2.38. The van der Waals surface area contributed by atoms with E-state index in [9.17, 15) is 0 Å². The SMILES string of the molecule is COCCON(C)c1ncc(Cc2cc(OC)c(OC)c(OC)c2)c(N)n1.Cl. The van der Waals surface area contributed by atoms with Crippen molar-refractivity contribution in [1.29, 1.82) is 0 Å². The van der Waals surface area contributed by atoms with Crippen LogP contribution in [0.25, 0.3) is 0 Å². The maximum absolute atomic E-state index is 6.11. The molecule has 0 aliphatic heterocycles. The van der Waals surface area contributed by atoms with Gasteiger partial charge in [0.2, 0.25) is 5.75 Å². The number of hydroxylamine groups is 1. The monoisotopic (exact) mass is 414 g/mol. The number of ether oxygens (including phenoxy) is 4. The fraction of sp³-hybridized carbons (Fsp3) is 0.444. The number of anilines is 2. The average molecular weight is 415 g/mol. The number of nitrogens with two attached hydrogens (primary N) is 1. The summed E-state index contributed by atoms with van der Waals surface area (Å²) in [7, 11) is 8.04. The van der Waals surface area contributed by atoms with Crippen molar-refractivity contribution >= 4 is 24.2 Å². The maximum atomic E-state index is 6.11. The van der Waals surface area contributed by atoms with Crippen molar-refractivity contribution in [3.05, 3.63) is 29.5 Å². The fourth-order valence-corrected chi connectivity index (χ4v) is 2.47. The number of rotatable bonds is 10. The molecule has 28 heavy (non-hydrogen) atoms. The van der Waals surface area contributed by atoms with Crippen LogP contribution >= 0.6 is 12.4 Å². The van der Waals surface area contributed by atoms with Gasteiger partial charge in [-0.1, -0.05) is 0 Å². The summed E-state index contributed by atoms with van der Waals surface area (Å²) < 4.78 is 21.1. The van der Waals surface area contributed by atoms with Crippen LogP contribution in [0.5, 0.6) is 17.2 Å². The van der Waals surface area contributed by atoms with Gasteiger partial charge in [0, 0.05) is 32.3 Å². The number of benzene rings is 1. The predicted octanol–water partition coefficient (Wildman–Crippen LogP) is 2.11. The van der Waals surface area contributed by atoms with Crippen molar-refractivity contribution in [2.45, 2.75) is 6.42 Å². The Morgan fingerprint density at radius 3 is 2.14 bits per heavy atom. The van der Waals surface area contributed by atoms with Gasteiger partial charge in [-0.2, -0.15) is 4.98 Å². The molecule has 2 rings (SSSR count). The summed E-state index contributed by atoms with van der Waals surface area (Å²) in [6.45, 7) is 0.864. The molecule has 0 saturated carbocycles. The second-order valence-electron chi connectivity index (χ2n) is 5.61. The third-order valence-electron chi connectivity index (χ3n) is 3.86. The predicted molar refractivity (Wildman–Crippen MR) is 109 cm³/mol. The Balaban J connectivity index is 0.00000392. The molecule has 0 spiro atoms. The van der Waals surface area contributed by atoms with Gasteiger partial charge in [-0.25, -0.2) is 10.0 Å². The summed E-state index contributed by atoms with van der Waals surface area (Å²) in [5, 5.41) is 1.46. The number of halogens is 1. The van der Waals surface area contributed by atoms with Gasteiger partial charge in [-0.3, -0.25) is 4.84 Å². The van der Waals surface area contributed by atoms with Gasteiger partial charge in [0.1, 0.15) is 5.82 Å². The molecule has 1 aromatic carbocycles. The topological polar surface area (TPSA) is 101 Å². The Hall–Kier alpha value is -2.49. The van der Waals surface area contributed by atoms with Gasteiger partial charge >= 0.3 is 0 Å². The van der Waals surface area contributed by atoms with E-state index in [-0.39, 0.29) is 12.4 Å². The Kier molecular flexibility index (Phi) is 9.57. The molecular weight excluding hydrogens is 388 g/mol. The second kappa shape index (κ2) is 11.4. The molecule has 2 aromatic rings. The van der Waals surface area contributed by atoms with E-state index in [1.54, 1.807) is 41.7 Å². The fourth-order valence-electron chi connectivity index (χ4n) is 2.47. The Morgan fingerprint density at radius 2 is 1.64 bits per heavy atom. The largest absolute Gasteiger partial charge is 0.493 e. The molecule has 0 unspecified atom stereocenters. The number of nitrogen functional groups attached to an aromatic ring is 1. The molecule has 0 fully saturated rings. The zero-order chi connectivity index (χ0) is 19.8. The van der Waals surface area contributed by atoms with Crippen LogP contribution in [0, 0.1) is 0 Å². The molecule has 9 nitrogen and oxygen atoms in total. The number of hydrogen-bond donors (Lipinski definition) is 1. The lowest BCUT2D eigenvalue weighted by atomic mass is 10.1. The molecule has 1 heterocycles. The minimum Gasteiger partial charge on any atom is -0.493 e. The number of nitrogens with zero attached hydrogens (tertiary/aromatic N) is 3. The molecule has 10 heteroatoms. The van der Waals surface area contributed by atoms with E-state index >= 15 is 0 Å². The Bertz CT molecular complexity index is 738. The van der Waals surface area contributed by atoms with E-state index in [0.717, 1.165) is 11.1 Å². The molecule has 1 aromatic heterocycles. The van der Waals surface area contributed by atoms with Crippen LogP contribution < -0.4 is 25.0 Å². The molecule has 0 aliphatic rings. The van der Waals surface area contributed by atoms with Gasteiger partial charge in [0.15, 0.2) is 11.5 Å². The van der Waals surface area contributed by atoms with Crippen molar-refractivity contribution in [1.82, 2.24) is 9.97 Å². The van der Waals surface area contributed by atoms with Crippen molar-refractivity contribution in [3.8, 4) is 17.2 Å². The van der Waals surface area contributed by atoms with Crippen LogP contribution in [-0.2, 0) is 16.0 Å². The zero-order valence-corrected chi connectivity index (χ0v) is 17.5. The summed E-state index contributed by atoms with van der Waals surface area (Å²) in [6, 6.07) is 3.74. The molecule has 0 bridgehead atoms. The molecule has 0 amide bonds. The minimum atomic E-state index is 0. The van der Waals surface area contributed by atoms with Crippen molar-refractivity contribution < 1.29 is 23.8 Å². The highest BCUT2D eigenvalue weighted by atomic mass is 35.5. The van der Waals surface area contributed by atoms with Crippen LogP contribution in [0.15, 0.2) is 18.3 Å². The quantitative estimate of drug-likeness (QED) is 0.462. The second-order valence-corrected chi connectivity index (χ2v) is 5.61. The standard InChI is InChI=1S/C18H26N4O5.ClH/c1-22(27-7-6-23-2)18-20-11-13(17(19)21-18)8-12-9-14(24-3)16(26-5)15(10-12)25-4;/h9-11H,6-8H2,1-5H3,(H2,19,20,21);1H. The highest BCUT2D eigenvalue weighted by molar-refractivity contribution is 5.85. The summed E-state index contributed by atoms with van der Waals surface area (Å²) in [5.41, 5.74) is 7.82. The lowest BCUT2D eigenvalue weighted by molar-refractivity contribution is 0.0607. The lowest BCUT2D eigenvalue weighted by Gasteiger charge is -2.17. The average Bonchev–Trinajstić information content (AvgIpc) is 2.68. The maximum Gasteiger partial charge on any atom is 0.251 e.